The highest BCUT2D eigenvalue weighted by Crippen LogP contribution is 2.36. The van der Waals surface area contributed by atoms with Gasteiger partial charge in [-0.25, -0.2) is 9.97 Å². The lowest BCUT2D eigenvalue weighted by Crippen LogP contribution is -2.32. The van der Waals surface area contributed by atoms with Crippen molar-refractivity contribution < 1.29 is 4.79 Å². The van der Waals surface area contributed by atoms with Crippen molar-refractivity contribution in [1.82, 2.24) is 9.97 Å². The molecule has 1 atom stereocenters. The molecule has 0 bridgehead atoms. The lowest BCUT2D eigenvalue weighted by atomic mass is 10.2. The minimum absolute atomic E-state index is 0.303. The van der Waals surface area contributed by atoms with E-state index in [2.05, 4.69) is 15.3 Å². The van der Waals surface area contributed by atoms with Crippen LogP contribution in [0.15, 0.2) is 42.9 Å². The summed E-state index contributed by atoms with van der Waals surface area (Å²) in [7, 11) is 0. The van der Waals surface area contributed by atoms with Crippen molar-refractivity contribution in [3.05, 3.63) is 53.6 Å². The highest BCUT2D eigenvalue weighted by Gasteiger charge is 2.30. The molecule has 3 rings (SSSR count). The number of anilines is 2. The Bertz CT molecular complexity index is 659. The first-order chi connectivity index (χ1) is 9.79. The van der Waals surface area contributed by atoms with E-state index >= 15 is 0 Å². The van der Waals surface area contributed by atoms with Crippen LogP contribution < -0.4 is 10.2 Å². The fourth-order valence-electron chi connectivity index (χ4n) is 2.02. The second-order valence-electron chi connectivity index (χ2n) is 4.22. The summed E-state index contributed by atoms with van der Waals surface area (Å²) < 4.78 is 0. The minimum Gasteiger partial charge on any atom is -0.353 e. The van der Waals surface area contributed by atoms with Crippen molar-refractivity contribution in [2.24, 2.45) is 0 Å². The van der Waals surface area contributed by atoms with Crippen LogP contribution in [0, 0.1) is 0 Å². The van der Waals surface area contributed by atoms with Gasteiger partial charge in [0.05, 0.1) is 0 Å². The molecule has 1 aliphatic rings. The molecular weight excluding hydrogens is 276 g/mol. The van der Waals surface area contributed by atoms with E-state index in [9.17, 15) is 4.79 Å². The molecule has 6 heteroatoms. The summed E-state index contributed by atoms with van der Waals surface area (Å²) in [6.07, 6.45) is 5.35. The number of aromatic nitrogens is 2. The van der Waals surface area contributed by atoms with Crippen LogP contribution in [0.2, 0.25) is 5.15 Å². The average molecular weight is 287 g/mol. The third-order valence-electron chi connectivity index (χ3n) is 2.97. The normalized spacial score (nSPS) is 17.1. The Hall–Kier alpha value is -2.40. The number of halogens is 1. The molecule has 5 nitrogen and oxygen atoms in total. The smallest absolute Gasteiger partial charge is 0.163 e. The molecule has 1 aliphatic heterocycles. The molecule has 0 fully saturated rings. The number of nitrogens with zero attached hydrogens (tertiary/aromatic N) is 3. The number of rotatable bonds is 3. The van der Waals surface area contributed by atoms with Gasteiger partial charge in [0.1, 0.15) is 12.0 Å². The van der Waals surface area contributed by atoms with E-state index in [1.165, 1.54) is 6.33 Å². The zero-order valence-electron chi connectivity index (χ0n) is 10.4. The molecule has 20 heavy (non-hydrogen) atoms. The summed E-state index contributed by atoms with van der Waals surface area (Å²) in [6, 6.07) is 9.80. The third kappa shape index (κ3) is 2.23. The predicted octanol–water partition coefficient (Wildman–Crippen LogP) is 2.56. The summed E-state index contributed by atoms with van der Waals surface area (Å²) in [5.74, 6) is 0.592. The molecule has 0 amide bonds. The molecule has 0 radical (unpaired) electrons. The van der Waals surface area contributed by atoms with Gasteiger partial charge in [-0.3, -0.25) is 4.79 Å². The van der Waals surface area contributed by atoms with Gasteiger partial charge in [-0.1, -0.05) is 41.9 Å². The first kappa shape index (κ1) is 12.6. The van der Waals surface area contributed by atoms with Crippen LogP contribution in [-0.4, -0.2) is 22.4 Å². The van der Waals surface area contributed by atoms with Crippen molar-refractivity contribution in [1.29, 1.82) is 0 Å². The number of hydrogen-bond acceptors (Lipinski definition) is 5. The lowest BCUT2D eigenvalue weighted by Gasteiger charge is -2.16. The van der Waals surface area contributed by atoms with Gasteiger partial charge in [-0.15, -0.1) is 0 Å². The van der Waals surface area contributed by atoms with Gasteiger partial charge in [-0.2, -0.15) is 0 Å². The van der Waals surface area contributed by atoms with Crippen LogP contribution in [0.25, 0.3) is 6.08 Å². The molecule has 0 saturated heterocycles. The van der Waals surface area contributed by atoms with Crippen molar-refractivity contribution in [3.63, 3.8) is 0 Å². The number of aldehydes is 1. The molecule has 2 heterocycles. The maximum atomic E-state index is 11.2. The van der Waals surface area contributed by atoms with E-state index in [1.807, 2.05) is 36.4 Å². The van der Waals surface area contributed by atoms with Gasteiger partial charge in [0.2, 0.25) is 0 Å². The first-order valence-corrected chi connectivity index (χ1v) is 6.41. The van der Waals surface area contributed by atoms with Crippen LogP contribution >= 0.6 is 11.6 Å². The number of benzene rings is 1. The van der Waals surface area contributed by atoms with Crippen molar-refractivity contribution in [2.75, 3.05) is 10.2 Å². The number of carbonyl (C=O) groups is 1. The maximum absolute atomic E-state index is 11.2. The van der Waals surface area contributed by atoms with E-state index in [4.69, 9.17) is 11.6 Å². The molecule has 1 aromatic carbocycles. The van der Waals surface area contributed by atoms with E-state index < -0.39 is 6.17 Å². The Morgan fingerprint density at radius 3 is 2.80 bits per heavy atom. The van der Waals surface area contributed by atoms with Gasteiger partial charge in [0.25, 0.3) is 0 Å². The van der Waals surface area contributed by atoms with Gasteiger partial charge >= 0.3 is 0 Å². The van der Waals surface area contributed by atoms with Gasteiger partial charge < -0.3 is 10.2 Å². The van der Waals surface area contributed by atoms with Crippen molar-refractivity contribution in [3.8, 4) is 0 Å². The molecule has 1 N–H and O–H groups in total. The summed E-state index contributed by atoms with van der Waals surface area (Å²) >= 11 is 5.99. The highest BCUT2D eigenvalue weighted by atomic mass is 35.5. The largest absolute Gasteiger partial charge is 0.353 e. The molecule has 0 spiro atoms. The van der Waals surface area contributed by atoms with E-state index in [0.717, 1.165) is 11.8 Å². The van der Waals surface area contributed by atoms with Crippen molar-refractivity contribution in [2.45, 2.75) is 6.17 Å². The first-order valence-electron chi connectivity index (χ1n) is 6.03. The maximum Gasteiger partial charge on any atom is 0.163 e. The number of fused-ring (bicyclic) bond motifs is 1. The Morgan fingerprint density at radius 1 is 1.25 bits per heavy atom. The minimum atomic E-state index is -0.529. The van der Waals surface area contributed by atoms with Crippen LogP contribution in [0.1, 0.15) is 5.56 Å². The van der Waals surface area contributed by atoms with Crippen LogP contribution in [0.4, 0.5) is 11.5 Å². The average Bonchev–Trinajstić information content (AvgIpc) is 2.85. The Labute approximate surface area is 120 Å². The van der Waals surface area contributed by atoms with E-state index in [-0.39, 0.29) is 0 Å². The monoisotopic (exact) mass is 286 g/mol. The zero-order chi connectivity index (χ0) is 13.9. The summed E-state index contributed by atoms with van der Waals surface area (Å²) in [4.78, 5) is 21.0. The summed E-state index contributed by atoms with van der Waals surface area (Å²) in [6.45, 7) is 0. The zero-order valence-corrected chi connectivity index (χ0v) is 11.2. The standard InChI is InChI=1S/C14H11ClN4O/c15-13-12-14(17-9-16-13)19(11(8-20)18-12)7-6-10-4-2-1-3-5-10/h1-9,11,18H. The molecular formula is C14H11ClN4O. The molecule has 2 aromatic rings. The molecule has 100 valence electrons. The van der Waals surface area contributed by atoms with Gasteiger partial charge in [0.15, 0.2) is 23.4 Å². The summed E-state index contributed by atoms with van der Waals surface area (Å²) in [5.41, 5.74) is 1.61. The number of hydrogen-bond donors (Lipinski definition) is 1. The van der Waals surface area contributed by atoms with Crippen LogP contribution in [0.5, 0.6) is 0 Å². The van der Waals surface area contributed by atoms with Gasteiger partial charge in [-0.05, 0) is 11.6 Å². The van der Waals surface area contributed by atoms with E-state index in [1.54, 1.807) is 11.1 Å². The molecule has 1 unspecified atom stereocenters. The fourth-order valence-corrected chi connectivity index (χ4v) is 2.20. The Kier molecular flexibility index (Phi) is 3.35. The summed E-state index contributed by atoms with van der Waals surface area (Å²) in [5, 5.41) is 3.29. The van der Waals surface area contributed by atoms with Crippen LogP contribution in [0.3, 0.4) is 0 Å². The molecule has 1 aromatic heterocycles. The lowest BCUT2D eigenvalue weighted by molar-refractivity contribution is -0.108. The van der Waals surface area contributed by atoms with Crippen molar-refractivity contribution >= 4 is 35.5 Å². The SMILES string of the molecule is O=CC1Nc2c(Cl)ncnc2N1C=Cc1ccccc1. The molecule has 0 aliphatic carbocycles. The third-order valence-corrected chi connectivity index (χ3v) is 3.26. The fraction of sp³-hybridized carbons (Fsp3) is 0.0714. The Morgan fingerprint density at radius 2 is 2.05 bits per heavy atom. The van der Waals surface area contributed by atoms with Crippen LogP contribution in [-0.2, 0) is 4.79 Å². The highest BCUT2D eigenvalue weighted by molar-refractivity contribution is 6.32. The number of nitrogens with one attached hydrogen (secondary N) is 1. The van der Waals surface area contributed by atoms with Gasteiger partial charge in [0, 0.05) is 6.20 Å². The molecule has 0 saturated carbocycles. The second kappa shape index (κ2) is 5.30. The topological polar surface area (TPSA) is 58.1 Å². The quantitative estimate of drug-likeness (QED) is 0.694. The number of carbonyl (C=O) groups excluding carboxylic acids is 1. The second-order valence-corrected chi connectivity index (χ2v) is 4.58. The Balaban J connectivity index is 1.94. The van der Waals surface area contributed by atoms with E-state index in [0.29, 0.717) is 16.7 Å². The predicted molar refractivity (Wildman–Crippen MR) is 78.5 cm³/mol.